The second kappa shape index (κ2) is 8.96. The second-order valence-electron chi connectivity index (χ2n) is 6.47. The van der Waals surface area contributed by atoms with Crippen molar-refractivity contribution in [1.29, 1.82) is 0 Å². The Morgan fingerprint density at radius 2 is 1.93 bits per heavy atom. The number of imide groups is 1. The zero-order chi connectivity index (χ0) is 21.0. The lowest BCUT2D eigenvalue weighted by molar-refractivity contribution is -0.121. The lowest BCUT2D eigenvalue weighted by atomic mass is 10.0. The average Bonchev–Trinajstić information content (AvgIpc) is 2.95. The average molecular weight is 457 g/mol. The molecule has 150 valence electrons. The van der Waals surface area contributed by atoms with E-state index in [0.717, 1.165) is 20.5 Å². The minimum atomic E-state index is -0.450. The Bertz CT molecular complexity index is 983. The van der Waals surface area contributed by atoms with Crippen LogP contribution in [0.4, 0.5) is 4.79 Å². The number of carbonyl (C=O) groups is 2. The molecule has 0 atom stereocenters. The number of benzene rings is 2. The zero-order valence-electron chi connectivity index (χ0n) is 16.2. The van der Waals surface area contributed by atoms with Crippen LogP contribution in [0, 0.1) is 0 Å². The van der Waals surface area contributed by atoms with Gasteiger partial charge in [-0.2, -0.15) is 0 Å². The van der Waals surface area contributed by atoms with Crippen molar-refractivity contribution in [3.8, 4) is 11.5 Å². The topological polar surface area (TPSA) is 67.9 Å². The fraction of sp³-hybridized carbons (Fsp3) is 0.182. The smallest absolute Gasteiger partial charge is 0.328 e. The molecule has 0 unspecified atom stereocenters. The summed E-state index contributed by atoms with van der Waals surface area (Å²) in [5.41, 5.74) is 2.82. The summed E-state index contributed by atoms with van der Waals surface area (Å²) < 4.78 is 12.6. The maximum absolute atomic E-state index is 12.1. The van der Waals surface area contributed by atoms with E-state index in [9.17, 15) is 9.59 Å². The predicted octanol–water partition coefficient (Wildman–Crippen LogP) is 4.29. The quantitative estimate of drug-likeness (QED) is 0.383. The van der Waals surface area contributed by atoms with Crippen LogP contribution in [0.2, 0.25) is 0 Å². The number of urea groups is 1. The summed E-state index contributed by atoms with van der Waals surface area (Å²) >= 11 is 3.42. The van der Waals surface area contributed by atoms with Gasteiger partial charge in [-0.1, -0.05) is 34.1 Å². The molecule has 3 amide bonds. The van der Waals surface area contributed by atoms with Crippen LogP contribution in [0.25, 0.3) is 6.08 Å². The Morgan fingerprint density at radius 3 is 2.52 bits per heavy atom. The molecule has 0 aromatic heterocycles. The highest BCUT2D eigenvalue weighted by atomic mass is 79.9. The molecule has 1 aliphatic heterocycles. The molecule has 2 aromatic carbocycles. The van der Waals surface area contributed by atoms with E-state index in [1.807, 2.05) is 30.3 Å². The molecule has 1 saturated heterocycles. The lowest BCUT2D eigenvalue weighted by Crippen LogP contribution is -2.25. The van der Waals surface area contributed by atoms with Crippen molar-refractivity contribution in [2.45, 2.75) is 13.0 Å². The van der Waals surface area contributed by atoms with Gasteiger partial charge >= 0.3 is 6.03 Å². The van der Waals surface area contributed by atoms with Gasteiger partial charge in [-0.05, 0) is 47.9 Å². The normalized spacial score (nSPS) is 14.9. The highest BCUT2D eigenvalue weighted by Crippen LogP contribution is 2.35. The van der Waals surface area contributed by atoms with Gasteiger partial charge in [0.2, 0.25) is 0 Å². The molecule has 29 heavy (non-hydrogen) atoms. The summed E-state index contributed by atoms with van der Waals surface area (Å²) in [6, 6.07) is 11.1. The number of allylic oxidation sites excluding steroid dienone is 1. The molecule has 1 heterocycles. The third kappa shape index (κ3) is 4.68. The number of nitrogens with one attached hydrogen (secondary N) is 1. The lowest BCUT2D eigenvalue weighted by Gasteiger charge is -2.16. The van der Waals surface area contributed by atoms with Gasteiger partial charge in [0.05, 0.1) is 7.11 Å². The number of hydrogen-bond acceptors (Lipinski definition) is 4. The van der Waals surface area contributed by atoms with Crippen molar-refractivity contribution in [3.63, 3.8) is 0 Å². The monoisotopic (exact) mass is 456 g/mol. The van der Waals surface area contributed by atoms with E-state index in [2.05, 4.69) is 27.8 Å². The number of methoxy groups -OCH3 is 1. The number of likely N-dealkylation sites (N-methyl/N-ethyl adjacent to an activating group) is 1. The van der Waals surface area contributed by atoms with Gasteiger partial charge in [0, 0.05) is 17.1 Å². The van der Waals surface area contributed by atoms with Crippen molar-refractivity contribution in [2.24, 2.45) is 0 Å². The highest BCUT2D eigenvalue weighted by Gasteiger charge is 2.30. The Labute approximate surface area is 177 Å². The van der Waals surface area contributed by atoms with Crippen LogP contribution in [0.1, 0.15) is 16.7 Å². The first kappa shape index (κ1) is 20.7. The van der Waals surface area contributed by atoms with Crippen molar-refractivity contribution in [2.75, 3.05) is 14.2 Å². The minimum absolute atomic E-state index is 0.215. The molecule has 0 radical (unpaired) electrons. The molecular formula is C22H21BrN2O4. The van der Waals surface area contributed by atoms with E-state index in [1.54, 1.807) is 25.3 Å². The van der Waals surface area contributed by atoms with Crippen molar-refractivity contribution in [3.05, 3.63) is 75.9 Å². The number of halogens is 1. The van der Waals surface area contributed by atoms with Gasteiger partial charge in [0.15, 0.2) is 11.5 Å². The van der Waals surface area contributed by atoms with Crippen LogP contribution >= 0.6 is 15.9 Å². The first-order valence-corrected chi connectivity index (χ1v) is 9.72. The molecule has 0 spiro atoms. The molecule has 0 saturated carbocycles. The Morgan fingerprint density at radius 1 is 1.21 bits per heavy atom. The van der Waals surface area contributed by atoms with E-state index >= 15 is 0 Å². The number of hydrogen-bond donors (Lipinski definition) is 1. The van der Waals surface area contributed by atoms with Crippen molar-refractivity contribution < 1.29 is 19.1 Å². The zero-order valence-corrected chi connectivity index (χ0v) is 17.8. The SMILES string of the molecule is C=CCc1cc(/C=C2/NC(=O)N(C)C2=O)cc(OC)c1OCc1ccc(Br)cc1. The summed E-state index contributed by atoms with van der Waals surface area (Å²) in [7, 11) is 2.99. The molecule has 2 aromatic rings. The van der Waals surface area contributed by atoms with Crippen LogP contribution in [0.3, 0.4) is 0 Å². The van der Waals surface area contributed by atoms with E-state index in [-0.39, 0.29) is 11.6 Å². The van der Waals surface area contributed by atoms with Crippen molar-refractivity contribution in [1.82, 2.24) is 10.2 Å². The maximum atomic E-state index is 12.1. The van der Waals surface area contributed by atoms with Crippen LogP contribution in [0.5, 0.6) is 11.5 Å². The van der Waals surface area contributed by atoms with Crippen LogP contribution in [-0.4, -0.2) is 31.0 Å². The summed E-state index contributed by atoms with van der Waals surface area (Å²) in [6.07, 6.45) is 3.95. The van der Waals surface area contributed by atoms with E-state index in [4.69, 9.17) is 9.47 Å². The molecule has 3 rings (SSSR count). The number of ether oxygens (including phenoxy) is 2. The highest BCUT2D eigenvalue weighted by molar-refractivity contribution is 9.10. The van der Waals surface area contributed by atoms with Crippen molar-refractivity contribution >= 4 is 33.9 Å². The van der Waals surface area contributed by atoms with Gasteiger partial charge < -0.3 is 14.8 Å². The number of amides is 3. The Hall–Kier alpha value is -3.06. The molecule has 7 heteroatoms. The third-order valence-corrected chi connectivity index (χ3v) is 4.96. The van der Waals surface area contributed by atoms with E-state index in [0.29, 0.717) is 30.1 Å². The molecule has 1 fully saturated rings. The Balaban J connectivity index is 1.92. The first-order chi connectivity index (χ1) is 13.9. The molecule has 1 N–H and O–H groups in total. The predicted molar refractivity (Wildman–Crippen MR) is 115 cm³/mol. The largest absolute Gasteiger partial charge is 0.493 e. The molecular weight excluding hydrogens is 436 g/mol. The van der Waals surface area contributed by atoms with E-state index < -0.39 is 6.03 Å². The van der Waals surface area contributed by atoms with Crippen LogP contribution in [-0.2, 0) is 17.8 Å². The van der Waals surface area contributed by atoms with Gasteiger partial charge in [-0.15, -0.1) is 6.58 Å². The second-order valence-corrected chi connectivity index (χ2v) is 7.39. The minimum Gasteiger partial charge on any atom is -0.493 e. The van der Waals surface area contributed by atoms with Crippen LogP contribution < -0.4 is 14.8 Å². The summed E-state index contributed by atoms with van der Waals surface area (Å²) in [5.74, 6) is 0.782. The third-order valence-electron chi connectivity index (χ3n) is 4.43. The Kier molecular flexibility index (Phi) is 6.39. The number of nitrogens with zero attached hydrogens (tertiary/aromatic N) is 1. The number of rotatable bonds is 7. The summed E-state index contributed by atoms with van der Waals surface area (Å²) in [5, 5.41) is 2.56. The van der Waals surface area contributed by atoms with Gasteiger partial charge in [0.25, 0.3) is 5.91 Å². The standard InChI is InChI=1S/C22H21BrN2O4/c1-4-5-16-10-15(11-18-21(26)25(2)22(27)24-18)12-19(28-3)20(16)29-13-14-6-8-17(23)9-7-14/h4,6-12H,1,5,13H2,2-3H3,(H,24,27)/b18-11+. The molecule has 0 bridgehead atoms. The fourth-order valence-corrected chi connectivity index (χ4v) is 3.18. The van der Waals surface area contributed by atoms with Gasteiger partial charge in [-0.25, -0.2) is 4.79 Å². The number of carbonyl (C=O) groups excluding carboxylic acids is 2. The molecule has 6 nitrogen and oxygen atoms in total. The van der Waals surface area contributed by atoms with Gasteiger partial charge in [-0.3, -0.25) is 9.69 Å². The summed E-state index contributed by atoms with van der Waals surface area (Å²) in [6.45, 7) is 4.19. The molecule has 1 aliphatic rings. The van der Waals surface area contributed by atoms with Crippen LogP contribution in [0.15, 0.2) is 59.2 Å². The van der Waals surface area contributed by atoms with Gasteiger partial charge in [0.1, 0.15) is 12.3 Å². The van der Waals surface area contributed by atoms with E-state index in [1.165, 1.54) is 7.05 Å². The fourth-order valence-electron chi connectivity index (χ4n) is 2.92. The summed E-state index contributed by atoms with van der Waals surface area (Å²) in [4.78, 5) is 24.8. The maximum Gasteiger partial charge on any atom is 0.328 e. The molecule has 0 aliphatic carbocycles. The first-order valence-electron chi connectivity index (χ1n) is 8.92.